The minimum atomic E-state index is -2.11. The lowest BCUT2D eigenvalue weighted by atomic mass is 10.6. The summed E-state index contributed by atoms with van der Waals surface area (Å²) in [6.45, 7) is 0. The monoisotopic (exact) mass is 253 g/mol. The highest BCUT2D eigenvalue weighted by atomic mass is 35.6. The SMILES string of the molecule is [N-]=[N+]=Nc1nccn1C(=O)C(Cl)(Cl)Cl. The van der Waals surface area contributed by atoms with Crippen LogP contribution in [0.5, 0.6) is 0 Å². The van der Waals surface area contributed by atoms with Crippen molar-refractivity contribution in [3.8, 4) is 0 Å². The molecule has 0 saturated carbocycles. The highest BCUT2D eigenvalue weighted by molar-refractivity contribution is 6.76. The van der Waals surface area contributed by atoms with Gasteiger partial charge in [0.05, 0.1) is 0 Å². The Morgan fingerprint density at radius 2 is 2.29 bits per heavy atom. The maximum atomic E-state index is 11.4. The number of azide groups is 1. The molecule has 1 aromatic heterocycles. The number of carbonyl (C=O) groups is 1. The summed E-state index contributed by atoms with van der Waals surface area (Å²) in [5.41, 5.74) is 8.14. The fourth-order valence-corrected chi connectivity index (χ4v) is 0.978. The van der Waals surface area contributed by atoms with Gasteiger partial charge in [0.25, 0.3) is 9.70 Å². The Kier molecular flexibility index (Phi) is 3.23. The van der Waals surface area contributed by atoms with Gasteiger partial charge in [-0.2, -0.15) is 0 Å². The van der Waals surface area contributed by atoms with Gasteiger partial charge in [0, 0.05) is 17.3 Å². The van der Waals surface area contributed by atoms with E-state index in [0.29, 0.717) is 0 Å². The van der Waals surface area contributed by atoms with E-state index in [9.17, 15) is 4.79 Å². The highest BCUT2D eigenvalue weighted by Gasteiger charge is 2.33. The molecular formula is C5H2Cl3N5O. The van der Waals surface area contributed by atoms with Gasteiger partial charge in [-0.15, -0.1) is 0 Å². The van der Waals surface area contributed by atoms with Crippen LogP contribution in [0.4, 0.5) is 5.95 Å². The maximum absolute atomic E-state index is 11.4. The van der Waals surface area contributed by atoms with Gasteiger partial charge >= 0.3 is 0 Å². The molecule has 0 fully saturated rings. The van der Waals surface area contributed by atoms with Crippen LogP contribution >= 0.6 is 34.8 Å². The summed E-state index contributed by atoms with van der Waals surface area (Å²) in [5, 5.41) is 3.14. The first-order valence-corrected chi connectivity index (χ1v) is 4.30. The van der Waals surface area contributed by atoms with Crippen molar-refractivity contribution in [1.29, 1.82) is 0 Å². The smallest absolute Gasteiger partial charge is 0.269 e. The molecule has 0 amide bonds. The Balaban J connectivity index is 3.14. The molecule has 0 aliphatic rings. The molecule has 0 N–H and O–H groups in total. The Morgan fingerprint density at radius 3 is 2.79 bits per heavy atom. The topological polar surface area (TPSA) is 83.7 Å². The van der Waals surface area contributed by atoms with Crippen LogP contribution in [0.3, 0.4) is 0 Å². The molecule has 14 heavy (non-hydrogen) atoms. The lowest BCUT2D eigenvalue weighted by Gasteiger charge is -2.09. The van der Waals surface area contributed by atoms with E-state index in [1.54, 1.807) is 0 Å². The summed E-state index contributed by atoms with van der Waals surface area (Å²) in [6, 6.07) is 0. The van der Waals surface area contributed by atoms with Gasteiger partial charge in [-0.25, -0.2) is 4.98 Å². The van der Waals surface area contributed by atoms with Crippen molar-refractivity contribution in [2.75, 3.05) is 0 Å². The molecule has 9 heteroatoms. The van der Waals surface area contributed by atoms with Crippen LogP contribution in [0.2, 0.25) is 0 Å². The molecular weight excluding hydrogens is 252 g/mol. The predicted molar refractivity (Wildman–Crippen MR) is 51.9 cm³/mol. The van der Waals surface area contributed by atoms with Crippen molar-refractivity contribution in [3.05, 3.63) is 22.8 Å². The first-order valence-electron chi connectivity index (χ1n) is 3.17. The van der Waals surface area contributed by atoms with Gasteiger partial charge in [0.15, 0.2) is 0 Å². The second kappa shape index (κ2) is 4.06. The zero-order valence-electron chi connectivity index (χ0n) is 6.43. The van der Waals surface area contributed by atoms with Crippen molar-refractivity contribution in [3.63, 3.8) is 0 Å². The van der Waals surface area contributed by atoms with Crippen LogP contribution in [0.15, 0.2) is 17.5 Å². The van der Waals surface area contributed by atoms with Gasteiger partial charge in [-0.3, -0.25) is 9.36 Å². The summed E-state index contributed by atoms with van der Waals surface area (Å²) in [7, 11) is 0. The normalized spacial score (nSPS) is 10.8. The molecule has 0 saturated heterocycles. The number of aromatic nitrogens is 2. The minimum Gasteiger partial charge on any atom is -0.269 e. The summed E-state index contributed by atoms with van der Waals surface area (Å²) >= 11 is 16.0. The largest absolute Gasteiger partial charge is 0.284 e. The van der Waals surface area contributed by atoms with Crippen molar-refractivity contribution in [1.82, 2.24) is 9.55 Å². The molecule has 0 radical (unpaired) electrons. The number of rotatable bonds is 1. The highest BCUT2D eigenvalue weighted by Crippen LogP contribution is 2.29. The minimum absolute atomic E-state index is 0.177. The van der Waals surface area contributed by atoms with Crippen molar-refractivity contribution >= 4 is 46.7 Å². The molecule has 0 aromatic carbocycles. The fraction of sp³-hybridized carbons (Fsp3) is 0.200. The molecule has 1 aromatic rings. The molecule has 0 atom stereocenters. The average Bonchev–Trinajstić information content (AvgIpc) is 2.50. The molecule has 6 nitrogen and oxygen atoms in total. The fourth-order valence-electron chi connectivity index (χ4n) is 0.705. The number of halogens is 3. The van der Waals surface area contributed by atoms with Crippen molar-refractivity contribution < 1.29 is 4.79 Å². The van der Waals surface area contributed by atoms with Gasteiger partial charge < -0.3 is 0 Å². The van der Waals surface area contributed by atoms with Gasteiger partial charge in [-0.05, 0) is 10.6 Å². The van der Waals surface area contributed by atoms with Crippen LogP contribution < -0.4 is 0 Å². The molecule has 74 valence electrons. The van der Waals surface area contributed by atoms with Gasteiger partial charge in [0.1, 0.15) is 0 Å². The standard InChI is InChI=1S/C5H2Cl3N5O/c6-5(7,8)3(14)13-2-1-10-4(13)11-12-9/h1-2H. The summed E-state index contributed by atoms with van der Waals surface area (Å²) in [4.78, 5) is 17.4. The number of imidazole rings is 1. The molecule has 0 unspecified atom stereocenters. The zero-order chi connectivity index (χ0) is 10.8. The number of hydrogen-bond donors (Lipinski definition) is 0. The second-order valence-corrected chi connectivity index (χ2v) is 4.37. The number of nitrogens with zero attached hydrogens (tertiary/aromatic N) is 5. The van der Waals surface area contributed by atoms with Gasteiger partial charge in [0.2, 0.25) is 5.95 Å². The summed E-state index contributed by atoms with van der Waals surface area (Å²) in [5.74, 6) is -1.04. The molecule has 0 bridgehead atoms. The Labute approximate surface area is 93.0 Å². The number of alkyl halides is 3. The number of carbonyl (C=O) groups excluding carboxylic acids is 1. The van der Waals surface area contributed by atoms with Crippen LogP contribution in [0.25, 0.3) is 10.4 Å². The third kappa shape index (κ3) is 2.30. The maximum Gasteiger partial charge on any atom is 0.284 e. The third-order valence-electron chi connectivity index (χ3n) is 1.22. The Hall–Kier alpha value is -0.940. The lowest BCUT2D eigenvalue weighted by molar-refractivity contribution is 0.0920. The van der Waals surface area contributed by atoms with Crippen LogP contribution in [0, 0.1) is 0 Å². The number of hydrogen-bond acceptors (Lipinski definition) is 3. The van der Waals surface area contributed by atoms with E-state index >= 15 is 0 Å². The second-order valence-electron chi connectivity index (χ2n) is 2.09. The molecule has 0 spiro atoms. The van der Waals surface area contributed by atoms with E-state index in [0.717, 1.165) is 4.57 Å². The average molecular weight is 254 g/mol. The molecule has 1 rings (SSSR count). The lowest BCUT2D eigenvalue weighted by Crippen LogP contribution is -2.25. The van der Waals surface area contributed by atoms with E-state index in [4.69, 9.17) is 40.3 Å². The predicted octanol–water partition coefficient (Wildman–Crippen LogP) is 2.84. The molecule has 0 aliphatic heterocycles. The van der Waals surface area contributed by atoms with Crippen LogP contribution in [0.1, 0.15) is 4.79 Å². The first kappa shape index (κ1) is 11.1. The third-order valence-corrected chi connectivity index (χ3v) is 1.70. The van der Waals surface area contributed by atoms with Gasteiger partial charge in [-0.1, -0.05) is 34.8 Å². The van der Waals surface area contributed by atoms with E-state index < -0.39 is 9.70 Å². The Bertz CT molecular complexity index is 402. The van der Waals surface area contributed by atoms with Crippen molar-refractivity contribution in [2.24, 2.45) is 5.11 Å². The van der Waals surface area contributed by atoms with E-state index in [1.165, 1.54) is 12.4 Å². The van der Waals surface area contributed by atoms with Crippen LogP contribution in [-0.4, -0.2) is 19.3 Å². The van der Waals surface area contributed by atoms with E-state index in [1.807, 2.05) is 0 Å². The quantitative estimate of drug-likeness (QED) is 0.334. The summed E-state index contributed by atoms with van der Waals surface area (Å²) < 4.78 is -1.26. The van der Waals surface area contributed by atoms with Crippen LogP contribution in [-0.2, 0) is 0 Å². The summed E-state index contributed by atoms with van der Waals surface area (Å²) in [6.07, 6.45) is 2.48. The molecule has 1 heterocycles. The Morgan fingerprint density at radius 1 is 1.64 bits per heavy atom. The molecule has 0 aliphatic carbocycles. The van der Waals surface area contributed by atoms with Crippen molar-refractivity contribution in [2.45, 2.75) is 3.79 Å². The first-order chi connectivity index (χ1) is 6.46. The van der Waals surface area contributed by atoms with E-state index in [2.05, 4.69) is 15.0 Å². The van der Waals surface area contributed by atoms with E-state index in [-0.39, 0.29) is 5.95 Å². The zero-order valence-corrected chi connectivity index (χ0v) is 8.70.